The molecule has 0 N–H and O–H groups in total. The molecule has 0 amide bonds. The standard InChI is InChI=1S/C18H34O/c1-3-4-5-6-15-7-9-16(10-8-15)17-11-13-18(19-2)14-12-17/h15-18H,3-14H2,1-2H3/t15-,16-,17?,18?. The third-order valence-corrected chi connectivity index (χ3v) is 5.83. The minimum atomic E-state index is 0.571. The molecule has 1 heteroatoms. The van der Waals surface area contributed by atoms with Crippen molar-refractivity contribution >= 4 is 0 Å². The summed E-state index contributed by atoms with van der Waals surface area (Å²) in [4.78, 5) is 0. The molecule has 2 aliphatic carbocycles. The van der Waals surface area contributed by atoms with Gasteiger partial charge < -0.3 is 4.74 Å². The lowest BCUT2D eigenvalue weighted by atomic mass is 9.70. The van der Waals surface area contributed by atoms with E-state index in [-0.39, 0.29) is 0 Å². The molecular weight excluding hydrogens is 232 g/mol. The molecule has 0 spiro atoms. The Labute approximate surface area is 120 Å². The predicted octanol–water partition coefficient (Wildman–Crippen LogP) is 5.58. The van der Waals surface area contributed by atoms with Crippen LogP contribution in [-0.4, -0.2) is 13.2 Å². The molecule has 19 heavy (non-hydrogen) atoms. The summed E-state index contributed by atoms with van der Waals surface area (Å²) in [5.41, 5.74) is 0. The van der Waals surface area contributed by atoms with Crippen molar-refractivity contribution in [3.8, 4) is 0 Å². The highest BCUT2D eigenvalue weighted by molar-refractivity contribution is 4.82. The van der Waals surface area contributed by atoms with Gasteiger partial charge in [-0.1, -0.05) is 45.4 Å². The van der Waals surface area contributed by atoms with Gasteiger partial charge in [-0.3, -0.25) is 0 Å². The van der Waals surface area contributed by atoms with E-state index < -0.39 is 0 Å². The third-order valence-electron chi connectivity index (χ3n) is 5.83. The number of ether oxygens (including phenoxy) is 1. The van der Waals surface area contributed by atoms with E-state index >= 15 is 0 Å². The first-order valence-electron chi connectivity index (χ1n) is 8.86. The maximum absolute atomic E-state index is 5.50. The van der Waals surface area contributed by atoms with Crippen LogP contribution in [0, 0.1) is 17.8 Å². The van der Waals surface area contributed by atoms with Crippen LogP contribution in [0.4, 0.5) is 0 Å². The summed E-state index contributed by atoms with van der Waals surface area (Å²) < 4.78 is 5.50. The molecule has 0 atom stereocenters. The zero-order chi connectivity index (χ0) is 13.5. The topological polar surface area (TPSA) is 9.23 Å². The lowest BCUT2D eigenvalue weighted by Crippen LogP contribution is -2.28. The van der Waals surface area contributed by atoms with Crippen LogP contribution in [0.5, 0.6) is 0 Å². The lowest BCUT2D eigenvalue weighted by Gasteiger charge is -2.37. The van der Waals surface area contributed by atoms with Crippen molar-refractivity contribution in [3.05, 3.63) is 0 Å². The van der Waals surface area contributed by atoms with Gasteiger partial charge in [-0.15, -0.1) is 0 Å². The van der Waals surface area contributed by atoms with Crippen LogP contribution in [0.25, 0.3) is 0 Å². The molecule has 0 saturated heterocycles. The zero-order valence-corrected chi connectivity index (χ0v) is 13.2. The Kier molecular flexibility index (Phi) is 6.70. The van der Waals surface area contributed by atoms with E-state index in [1.807, 2.05) is 7.11 Å². The van der Waals surface area contributed by atoms with Crippen LogP contribution in [0.3, 0.4) is 0 Å². The Morgan fingerprint density at radius 2 is 1.37 bits per heavy atom. The van der Waals surface area contributed by atoms with Gasteiger partial charge >= 0.3 is 0 Å². The smallest absolute Gasteiger partial charge is 0.0571 e. The van der Waals surface area contributed by atoms with Gasteiger partial charge in [-0.25, -0.2) is 0 Å². The highest BCUT2D eigenvalue weighted by Crippen LogP contribution is 2.41. The first kappa shape index (κ1) is 15.4. The van der Waals surface area contributed by atoms with Gasteiger partial charge in [0.15, 0.2) is 0 Å². The predicted molar refractivity (Wildman–Crippen MR) is 82.3 cm³/mol. The maximum Gasteiger partial charge on any atom is 0.0571 e. The summed E-state index contributed by atoms with van der Waals surface area (Å²) >= 11 is 0. The summed E-state index contributed by atoms with van der Waals surface area (Å²) in [6.07, 6.45) is 18.0. The quantitative estimate of drug-likeness (QED) is 0.570. The fourth-order valence-corrected chi connectivity index (χ4v) is 4.43. The van der Waals surface area contributed by atoms with E-state index in [0.29, 0.717) is 6.10 Å². The summed E-state index contributed by atoms with van der Waals surface area (Å²) in [6.45, 7) is 2.31. The van der Waals surface area contributed by atoms with Gasteiger partial charge in [0.25, 0.3) is 0 Å². The highest BCUT2D eigenvalue weighted by atomic mass is 16.5. The molecular formula is C18H34O. The monoisotopic (exact) mass is 266 g/mol. The number of methoxy groups -OCH3 is 1. The second-order valence-corrected chi connectivity index (χ2v) is 7.05. The molecule has 0 heterocycles. The Hall–Kier alpha value is -0.0400. The van der Waals surface area contributed by atoms with Crippen molar-refractivity contribution in [1.82, 2.24) is 0 Å². The number of hydrogen-bond donors (Lipinski definition) is 0. The van der Waals surface area contributed by atoms with E-state index in [2.05, 4.69) is 6.92 Å². The first-order valence-corrected chi connectivity index (χ1v) is 8.86. The second-order valence-electron chi connectivity index (χ2n) is 7.05. The largest absolute Gasteiger partial charge is 0.381 e. The Bertz CT molecular complexity index is 222. The van der Waals surface area contributed by atoms with Crippen LogP contribution < -0.4 is 0 Å². The normalized spacial score (nSPS) is 36.3. The number of rotatable bonds is 6. The van der Waals surface area contributed by atoms with Gasteiger partial charge in [0.1, 0.15) is 0 Å². The molecule has 2 rings (SSSR count). The van der Waals surface area contributed by atoms with Crippen molar-refractivity contribution in [2.75, 3.05) is 7.11 Å². The van der Waals surface area contributed by atoms with Gasteiger partial charge in [0, 0.05) is 7.11 Å². The van der Waals surface area contributed by atoms with Gasteiger partial charge in [-0.2, -0.15) is 0 Å². The molecule has 112 valence electrons. The van der Waals surface area contributed by atoms with Crippen LogP contribution >= 0.6 is 0 Å². The fourth-order valence-electron chi connectivity index (χ4n) is 4.43. The summed E-state index contributed by atoms with van der Waals surface area (Å²) in [5, 5.41) is 0. The van der Waals surface area contributed by atoms with Crippen molar-refractivity contribution in [1.29, 1.82) is 0 Å². The number of unbranched alkanes of at least 4 members (excludes halogenated alkanes) is 2. The Balaban J connectivity index is 1.63. The molecule has 1 nitrogen and oxygen atoms in total. The van der Waals surface area contributed by atoms with Crippen molar-refractivity contribution in [2.24, 2.45) is 17.8 Å². The van der Waals surface area contributed by atoms with E-state index in [1.54, 1.807) is 0 Å². The van der Waals surface area contributed by atoms with E-state index in [9.17, 15) is 0 Å². The average molecular weight is 266 g/mol. The fraction of sp³-hybridized carbons (Fsp3) is 1.00. The molecule has 0 aromatic carbocycles. The van der Waals surface area contributed by atoms with Crippen LogP contribution in [0.1, 0.15) is 84.0 Å². The molecule has 0 bridgehead atoms. The van der Waals surface area contributed by atoms with Crippen molar-refractivity contribution in [3.63, 3.8) is 0 Å². The third kappa shape index (κ3) is 4.77. The van der Waals surface area contributed by atoms with E-state index in [1.165, 1.54) is 77.0 Å². The van der Waals surface area contributed by atoms with Gasteiger partial charge in [0.05, 0.1) is 6.10 Å². The maximum atomic E-state index is 5.50. The number of hydrogen-bond acceptors (Lipinski definition) is 1. The summed E-state index contributed by atoms with van der Waals surface area (Å²) in [7, 11) is 1.88. The molecule has 2 saturated carbocycles. The van der Waals surface area contributed by atoms with E-state index in [0.717, 1.165) is 17.8 Å². The Morgan fingerprint density at radius 3 is 1.89 bits per heavy atom. The van der Waals surface area contributed by atoms with Crippen LogP contribution in [0.15, 0.2) is 0 Å². The lowest BCUT2D eigenvalue weighted by molar-refractivity contribution is 0.0391. The average Bonchev–Trinajstić information content (AvgIpc) is 2.48. The van der Waals surface area contributed by atoms with E-state index in [4.69, 9.17) is 4.74 Å². The molecule has 2 aliphatic rings. The Morgan fingerprint density at radius 1 is 0.789 bits per heavy atom. The molecule has 2 fully saturated rings. The summed E-state index contributed by atoms with van der Waals surface area (Å²) in [6, 6.07) is 0. The molecule has 0 unspecified atom stereocenters. The van der Waals surface area contributed by atoms with Crippen LogP contribution in [0.2, 0.25) is 0 Å². The summed E-state index contributed by atoms with van der Waals surface area (Å²) in [5.74, 6) is 3.15. The molecule has 0 aromatic rings. The van der Waals surface area contributed by atoms with Crippen LogP contribution in [-0.2, 0) is 4.74 Å². The molecule has 0 radical (unpaired) electrons. The highest BCUT2D eigenvalue weighted by Gasteiger charge is 2.30. The second kappa shape index (κ2) is 8.29. The minimum Gasteiger partial charge on any atom is -0.381 e. The minimum absolute atomic E-state index is 0.571. The van der Waals surface area contributed by atoms with Crippen molar-refractivity contribution in [2.45, 2.75) is 90.1 Å². The first-order chi connectivity index (χ1) is 9.33. The van der Waals surface area contributed by atoms with Gasteiger partial charge in [-0.05, 0) is 56.3 Å². The van der Waals surface area contributed by atoms with Crippen molar-refractivity contribution < 1.29 is 4.74 Å². The SMILES string of the molecule is CCCCC[C@H]1CC[C@H](C2CCC(OC)CC2)CC1. The molecule has 0 aromatic heterocycles. The zero-order valence-electron chi connectivity index (χ0n) is 13.2. The van der Waals surface area contributed by atoms with Gasteiger partial charge in [0.2, 0.25) is 0 Å². The molecule has 0 aliphatic heterocycles.